The molecular formula is C35H34F2N6O4. The summed E-state index contributed by atoms with van der Waals surface area (Å²) < 4.78 is 28.1. The van der Waals surface area contributed by atoms with Gasteiger partial charge in [-0.25, -0.2) is 13.8 Å². The van der Waals surface area contributed by atoms with E-state index in [0.29, 0.717) is 53.8 Å². The minimum Gasteiger partial charge on any atom is -0.395 e. The summed E-state index contributed by atoms with van der Waals surface area (Å²) in [6.45, 7) is 0.0289. The number of H-pyrrole nitrogens is 1. The number of aryl methyl sites for hydroxylation is 2. The van der Waals surface area contributed by atoms with Crippen LogP contribution in [0.3, 0.4) is 0 Å². The number of hydrogen-bond acceptors (Lipinski definition) is 6. The fourth-order valence-electron chi connectivity index (χ4n) is 5.14. The minimum atomic E-state index is -0.437. The number of nitrogens with one attached hydrogen (secondary N) is 4. The third-order valence-corrected chi connectivity index (χ3v) is 7.56. The van der Waals surface area contributed by atoms with Crippen LogP contribution >= 0.6 is 0 Å². The van der Waals surface area contributed by atoms with E-state index in [9.17, 15) is 18.8 Å². The predicted molar refractivity (Wildman–Crippen MR) is 175 cm³/mol. The largest absolute Gasteiger partial charge is 0.395 e. The molecule has 0 fully saturated rings. The molecule has 0 unspecified atom stereocenters. The summed E-state index contributed by atoms with van der Waals surface area (Å²) in [5, 5.41) is 25.1. The minimum absolute atomic E-state index is 0.142. The number of anilines is 2. The van der Waals surface area contributed by atoms with Gasteiger partial charge in [-0.15, -0.1) is 0 Å². The second kappa shape index (κ2) is 15.7. The number of aromatic nitrogens is 3. The number of nitrogens with zero attached hydrogens (tertiary/aromatic N) is 2. The van der Waals surface area contributed by atoms with Gasteiger partial charge in [0.1, 0.15) is 11.6 Å². The average molecular weight is 641 g/mol. The van der Waals surface area contributed by atoms with E-state index >= 15 is 4.39 Å². The van der Waals surface area contributed by atoms with Crippen molar-refractivity contribution in [3.8, 4) is 11.3 Å². The van der Waals surface area contributed by atoms with Crippen LogP contribution in [0.2, 0.25) is 0 Å². The molecule has 5 aromatic rings. The van der Waals surface area contributed by atoms with Gasteiger partial charge < -0.3 is 21.1 Å². The summed E-state index contributed by atoms with van der Waals surface area (Å²) in [5.74, 6) is -1.60. The van der Waals surface area contributed by atoms with Crippen molar-refractivity contribution in [1.29, 1.82) is 0 Å². The van der Waals surface area contributed by atoms with Gasteiger partial charge in [0.25, 0.3) is 5.91 Å². The molecule has 47 heavy (non-hydrogen) atoms. The van der Waals surface area contributed by atoms with Crippen molar-refractivity contribution >= 4 is 40.1 Å². The quantitative estimate of drug-likeness (QED) is 0.101. The molecule has 242 valence electrons. The Kier molecular flexibility index (Phi) is 11.0. The van der Waals surface area contributed by atoms with Crippen LogP contribution in [0.1, 0.15) is 47.2 Å². The number of fused-ring (bicyclic) bond motifs is 1. The molecule has 5 rings (SSSR count). The van der Waals surface area contributed by atoms with E-state index in [2.05, 4.69) is 31.1 Å². The zero-order chi connectivity index (χ0) is 33.2. The fraction of sp³-hybridized carbons (Fsp3) is 0.229. The maximum Gasteiger partial charge on any atom is 0.251 e. The first-order chi connectivity index (χ1) is 22.8. The van der Waals surface area contributed by atoms with Gasteiger partial charge in [0.2, 0.25) is 11.8 Å². The SMILES string of the molecule is O=C(CCCCC(=O)Nc1ccc(CCc2ccnc3n[nH]c(-c4ccc(C(=O)NCCO)cc4)c23)c(F)c1)Nc1ccc(F)cc1. The molecule has 0 aliphatic rings. The Morgan fingerprint density at radius 2 is 1.45 bits per heavy atom. The molecular weight excluding hydrogens is 606 g/mol. The molecule has 0 atom stereocenters. The highest BCUT2D eigenvalue weighted by atomic mass is 19.1. The zero-order valence-electron chi connectivity index (χ0n) is 25.5. The molecule has 3 amide bonds. The van der Waals surface area contributed by atoms with Gasteiger partial charge in [0, 0.05) is 53.5 Å². The van der Waals surface area contributed by atoms with E-state index in [0.717, 1.165) is 22.2 Å². The van der Waals surface area contributed by atoms with Gasteiger partial charge in [0.05, 0.1) is 12.3 Å². The molecule has 0 bridgehead atoms. The smallest absolute Gasteiger partial charge is 0.251 e. The highest BCUT2D eigenvalue weighted by Gasteiger charge is 2.15. The fourth-order valence-corrected chi connectivity index (χ4v) is 5.14. The number of carbonyl (C=O) groups is 3. The molecule has 0 aliphatic carbocycles. The predicted octanol–water partition coefficient (Wildman–Crippen LogP) is 5.55. The van der Waals surface area contributed by atoms with Crippen LogP contribution in [0.4, 0.5) is 20.2 Å². The molecule has 0 radical (unpaired) electrons. The summed E-state index contributed by atoms with van der Waals surface area (Å²) in [7, 11) is 0. The van der Waals surface area contributed by atoms with E-state index in [1.165, 1.54) is 30.3 Å². The first-order valence-corrected chi connectivity index (χ1v) is 15.3. The number of amides is 3. The van der Waals surface area contributed by atoms with E-state index in [-0.39, 0.29) is 49.5 Å². The lowest BCUT2D eigenvalue weighted by molar-refractivity contribution is -0.118. The maximum atomic E-state index is 15.1. The number of aromatic amines is 1. The van der Waals surface area contributed by atoms with Crippen molar-refractivity contribution in [1.82, 2.24) is 20.5 Å². The maximum absolute atomic E-state index is 15.1. The van der Waals surface area contributed by atoms with Crippen molar-refractivity contribution in [3.63, 3.8) is 0 Å². The van der Waals surface area contributed by atoms with Crippen LogP contribution in [-0.4, -0.2) is 51.2 Å². The molecule has 0 spiro atoms. The molecule has 0 saturated carbocycles. The van der Waals surface area contributed by atoms with Crippen LogP contribution in [0.5, 0.6) is 0 Å². The number of pyridine rings is 1. The number of rotatable bonds is 14. The lowest BCUT2D eigenvalue weighted by Crippen LogP contribution is -2.26. The standard InChI is InChI=1S/C35H34F2N6O4/c36-26-12-15-27(16-13-26)40-30(45)3-1-2-4-31(46)41-28-14-11-22(29(37)21-28)5-6-23-17-18-38-34-32(23)33(42-43-34)24-7-9-25(10-8-24)35(47)39-19-20-44/h7-18,21,44H,1-6,19-20H2,(H,39,47)(H,40,45)(H,41,46)(H,38,42,43). The second-order valence-corrected chi connectivity index (χ2v) is 10.9. The third kappa shape index (κ3) is 8.82. The van der Waals surface area contributed by atoms with Crippen molar-refractivity contribution in [3.05, 3.63) is 107 Å². The summed E-state index contributed by atoms with van der Waals surface area (Å²) in [5.41, 5.74) is 4.79. The Bertz CT molecular complexity index is 1860. The van der Waals surface area contributed by atoms with E-state index in [4.69, 9.17) is 5.11 Å². The molecule has 12 heteroatoms. The average Bonchev–Trinajstić information content (AvgIpc) is 3.51. The van der Waals surface area contributed by atoms with Crippen LogP contribution in [0.15, 0.2) is 79.0 Å². The van der Waals surface area contributed by atoms with Gasteiger partial charge in [0.15, 0.2) is 5.65 Å². The molecule has 3 aromatic carbocycles. The van der Waals surface area contributed by atoms with Gasteiger partial charge in [-0.1, -0.05) is 18.2 Å². The second-order valence-electron chi connectivity index (χ2n) is 10.9. The monoisotopic (exact) mass is 640 g/mol. The summed E-state index contributed by atoms with van der Waals surface area (Å²) in [6.07, 6.45) is 3.92. The third-order valence-electron chi connectivity index (χ3n) is 7.56. The Labute approximate surface area is 269 Å². The number of benzene rings is 3. The molecule has 5 N–H and O–H groups in total. The van der Waals surface area contributed by atoms with Crippen molar-refractivity contribution in [2.45, 2.75) is 38.5 Å². The molecule has 2 heterocycles. The highest BCUT2D eigenvalue weighted by molar-refractivity contribution is 5.97. The van der Waals surface area contributed by atoms with Gasteiger partial charge >= 0.3 is 0 Å². The molecule has 2 aromatic heterocycles. The first-order valence-electron chi connectivity index (χ1n) is 15.3. The summed E-state index contributed by atoms with van der Waals surface area (Å²) in [4.78, 5) is 41.0. The molecule has 0 aliphatic heterocycles. The number of halogens is 2. The van der Waals surface area contributed by atoms with E-state index in [1.807, 2.05) is 6.07 Å². The van der Waals surface area contributed by atoms with Crippen molar-refractivity contribution < 1.29 is 28.3 Å². The Morgan fingerprint density at radius 1 is 0.787 bits per heavy atom. The van der Waals surface area contributed by atoms with E-state index in [1.54, 1.807) is 42.6 Å². The van der Waals surface area contributed by atoms with Gasteiger partial charge in [-0.3, -0.25) is 19.5 Å². The summed E-state index contributed by atoms with van der Waals surface area (Å²) in [6, 6.07) is 19.0. The Balaban J connectivity index is 1.13. The zero-order valence-corrected chi connectivity index (χ0v) is 25.5. The number of hydrogen-bond donors (Lipinski definition) is 5. The number of carbonyl (C=O) groups excluding carboxylic acids is 3. The number of aliphatic hydroxyl groups excluding tert-OH is 1. The van der Waals surface area contributed by atoms with E-state index < -0.39 is 5.82 Å². The topological polar surface area (TPSA) is 149 Å². The Morgan fingerprint density at radius 3 is 2.13 bits per heavy atom. The first kappa shape index (κ1) is 32.9. The normalized spacial score (nSPS) is 11.0. The number of unbranched alkanes of at least 4 members (excludes halogenated alkanes) is 1. The van der Waals surface area contributed by atoms with Gasteiger partial charge in [-0.05, 0) is 91.4 Å². The van der Waals surface area contributed by atoms with Gasteiger partial charge in [-0.2, -0.15) is 5.10 Å². The van der Waals surface area contributed by atoms with Crippen LogP contribution in [0.25, 0.3) is 22.3 Å². The molecule has 10 nitrogen and oxygen atoms in total. The lowest BCUT2D eigenvalue weighted by atomic mass is 9.99. The van der Waals surface area contributed by atoms with Crippen LogP contribution < -0.4 is 16.0 Å². The summed E-state index contributed by atoms with van der Waals surface area (Å²) >= 11 is 0. The molecule has 0 saturated heterocycles. The van der Waals surface area contributed by atoms with Crippen molar-refractivity contribution in [2.75, 3.05) is 23.8 Å². The lowest BCUT2D eigenvalue weighted by Gasteiger charge is -2.10. The Hall–Kier alpha value is -5.49. The highest BCUT2D eigenvalue weighted by Crippen LogP contribution is 2.29. The number of aliphatic hydroxyl groups is 1. The van der Waals surface area contributed by atoms with Crippen molar-refractivity contribution in [2.24, 2.45) is 0 Å². The van der Waals surface area contributed by atoms with Crippen LogP contribution in [-0.2, 0) is 22.4 Å². The van der Waals surface area contributed by atoms with Crippen LogP contribution in [0, 0.1) is 11.6 Å².